The zero-order chi connectivity index (χ0) is 24.1. The summed E-state index contributed by atoms with van der Waals surface area (Å²) in [6, 6.07) is 0. The van der Waals surface area contributed by atoms with E-state index in [0.29, 0.717) is 6.10 Å². The Bertz CT molecular complexity index is 331. The lowest BCUT2D eigenvalue weighted by Crippen LogP contribution is -2.06. The van der Waals surface area contributed by atoms with Crippen molar-refractivity contribution in [1.82, 2.24) is 0 Å². The van der Waals surface area contributed by atoms with Crippen molar-refractivity contribution in [2.75, 3.05) is 0 Å². The normalized spacial score (nSPS) is 11.5. The first-order chi connectivity index (χ1) is 16.3. The van der Waals surface area contributed by atoms with Gasteiger partial charge in [0.15, 0.2) is 0 Å². The molecule has 2 heteroatoms. The molecule has 0 aliphatic carbocycles. The molecular formula is C31H65AlO. The molecule has 0 saturated carbocycles. The monoisotopic (exact) mass is 480 g/mol. The van der Waals surface area contributed by atoms with Crippen molar-refractivity contribution in [3.8, 4) is 0 Å². The minimum absolute atomic E-state index is 0.210. The molecule has 0 fully saturated rings. The maximum atomic E-state index is 5.74. The Kier molecular flexibility index (Phi) is 31.0. The molecule has 0 N–H and O–H groups in total. The topological polar surface area (TPSA) is 9.23 Å². The molecule has 0 atom stereocenters. The fraction of sp³-hybridized carbons (Fsp3) is 1.00. The number of hydrogen-bond donors (Lipinski definition) is 0. The highest BCUT2D eigenvalue weighted by molar-refractivity contribution is 6.27. The van der Waals surface area contributed by atoms with Crippen LogP contribution in [-0.2, 0) is 3.79 Å². The van der Waals surface area contributed by atoms with Gasteiger partial charge in [-0.1, -0.05) is 179 Å². The van der Waals surface area contributed by atoms with Crippen LogP contribution in [-0.4, -0.2) is 21.7 Å². The van der Waals surface area contributed by atoms with Crippen LogP contribution in [0.4, 0.5) is 0 Å². The van der Waals surface area contributed by atoms with Crippen LogP contribution < -0.4 is 0 Å². The summed E-state index contributed by atoms with van der Waals surface area (Å²) in [7, 11) is 0. The van der Waals surface area contributed by atoms with Gasteiger partial charge >= 0.3 is 15.6 Å². The standard InChI is InChI=1S/C28H57.C3H7O.Al.H/c1-3-5-7-9-11-13-15-17-19-21-23-25-27-28-26-24-22-20-18-16-14-12-10-8-6-4-2;1-3(2)4;;/h1,3-28H2,2H3;3H,1-2H3;;/q;-1;+1;. The quantitative estimate of drug-likeness (QED) is 0.0763. The van der Waals surface area contributed by atoms with Crippen molar-refractivity contribution < 1.29 is 3.79 Å². The van der Waals surface area contributed by atoms with Crippen LogP contribution in [0.1, 0.15) is 188 Å². The molecular weight excluding hydrogens is 415 g/mol. The summed E-state index contributed by atoms with van der Waals surface area (Å²) in [6.07, 6.45) is 38.7. The van der Waals surface area contributed by atoms with Gasteiger partial charge in [0.1, 0.15) is 0 Å². The van der Waals surface area contributed by atoms with Crippen molar-refractivity contribution in [3.05, 3.63) is 0 Å². The van der Waals surface area contributed by atoms with E-state index in [1.54, 1.807) is 0 Å². The molecule has 0 bridgehead atoms. The lowest BCUT2D eigenvalue weighted by Gasteiger charge is -2.06. The summed E-state index contributed by atoms with van der Waals surface area (Å²) in [5.74, 6) is 0. The van der Waals surface area contributed by atoms with Crippen molar-refractivity contribution in [3.63, 3.8) is 0 Å². The lowest BCUT2D eigenvalue weighted by atomic mass is 10.0. The zero-order valence-electron chi connectivity index (χ0n) is 23.8. The Morgan fingerprint density at radius 1 is 0.394 bits per heavy atom. The molecule has 0 radical (unpaired) electrons. The second-order valence-electron chi connectivity index (χ2n) is 11.1. The zero-order valence-corrected chi connectivity index (χ0v) is 25.2. The van der Waals surface area contributed by atoms with E-state index in [9.17, 15) is 0 Å². The summed E-state index contributed by atoms with van der Waals surface area (Å²) in [4.78, 5) is 0. The Morgan fingerprint density at radius 2 is 0.636 bits per heavy atom. The predicted molar refractivity (Wildman–Crippen MR) is 154 cm³/mol. The van der Waals surface area contributed by atoms with E-state index in [2.05, 4.69) is 20.8 Å². The van der Waals surface area contributed by atoms with Gasteiger partial charge in [0.25, 0.3) is 0 Å². The molecule has 0 heterocycles. The molecule has 0 aliphatic rings. The van der Waals surface area contributed by atoms with Crippen LogP contribution in [0.5, 0.6) is 0 Å². The van der Waals surface area contributed by atoms with Crippen LogP contribution >= 0.6 is 0 Å². The number of hydrogen-bond acceptors (Lipinski definition) is 1. The maximum absolute atomic E-state index is 5.74. The third-order valence-corrected chi connectivity index (χ3v) is 8.89. The average Bonchev–Trinajstić information content (AvgIpc) is 2.80. The summed E-state index contributed by atoms with van der Waals surface area (Å²) < 4.78 is 5.74. The first-order valence-corrected chi connectivity index (χ1v) is 17.5. The van der Waals surface area contributed by atoms with Crippen LogP contribution in [0.2, 0.25) is 5.28 Å². The van der Waals surface area contributed by atoms with Crippen LogP contribution in [0.3, 0.4) is 0 Å². The van der Waals surface area contributed by atoms with Gasteiger partial charge in [0, 0.05) is 6.10 Å². The molecule has 198 valence electrons. The fourth-order valence-corrected chi connectivity index (χ4v) is 6.11. The second-order valence-corrected chi connectivity index (χ2v) is 12.6. The smallest absolute Gasteiger partial charge is 0.435 e. The van der Waals surface area contributed by atoms with E-state index in [1.807, 2.05) is 0 Å². The Labute approximate surface area is 218 Å². The SMILES string of the molecule is CCCCCCCCCCCCCCCCCCCCCCCCCCC[CH2][AlH][O]C(C)C. The summed E-state index contributed by atoms with van der Waals surface area (Å²) >= 11 is -0.210. The van der Waals surface area contributed by atoms with E-state index >= 15 is 0 Å². The average molecular weight is 481 g/mol. The molecule has 0 aliphatic heterocycles. The van der Waals surface area contributed by atoms with Crippen molar-refractivity contribution in [2.45, 2.75) is 199 Å². The van der Waals surface area contributed by atoms with E-state index in [4.69, 9.17) is 3.79 Å². The van der Waals surface area contributed by atoms with E-state index in [0.717, 1.165) is 0 Å². The number of unbranched alkanes of at least 4 members (excludes halogenated alkanes) is 25. The van der Waals surface area contributed by atoms with E-state index in [-0.39, 0.29) is 15.6 Å². The third-order valence-electron chi connectivity index (χ3n) is 7.20. The highest BCUT2D eigenvalue weighted by atomic mass is 27.1. The van der Waals surface area contributed by atoms with Crippen molar-refractivity contribution in [1.29, 1.82) is 0 Å². The van der Waals surface area contributed by atoms with E-state index in [1.165, 1.54) is 172 Å². The Hall–Kier alpha value is 0.492. The molecule has 0 spiro atoms. The van der Waals surface area contributed by atoms with Gasteiger partial charge in [-0.25, -0.2) is 0 Å². The van der Waals surface area contributed by atoms with Gasteiger partial charge in [-0.2, -0.15) is 0 Å². The minimum atomic E-state index is -0.210. The van der Waals surface area contributed by atoms with Gasteiger partial charge in [-0.15, -0.1) is 0 Å². The molecule has 0 amide bonds. The first-order valence-electron chi connectivity index (χ1n) is 15.9. The minimum Gasteiger partial charge on any atom is -0.501 e. The van der Waals surface area contributed by atoms with Gasteiger partial charge in [0.05, 0.1) is 0 Å². The summed E-state index contributed by atoms with van der Waals surface area (Å²) in [5, 5.41) is 1.39. The van der Waals surface area contributed by atoms with Gasteiger partial charge in [-0.05, 0) is 13.8 Å². The molecule has 0 aromatic carbocycles. The van der Waals surface area contributed by atoms with Gasteiger partial charge in [0.2, 0.25) is 0 Å². The third kappa shape index (κ3) is 32.5. The van der Waals surface area contributed by atoms with Crippen LogP contribution in [0, 0.1) is 0 Å². The van der Waals surface area contributed by atoms with Gasteiger partial charge < -0.3 is 3.79 Å². The largest absolute Gasteiger partial charge is 0.501 e. The second kappa shape index (κ2) is 30.5. The maximum Gasteiger partial charge on any atom is 0.435 e. The number of rotatable bonds is 29. The van der Waals surface area contributed by atoms with Crippen molar-refractivity contribution in [2.24, 2.45) is 0 Å². The molecule has 1 nitrogen and oxygen atoms in total. The highest BCUT2D eigenvalue weighted by Crippen LogP contribution is 2.16. The fourth-order valence-electron chi connectivity index (χ4n) is 4.91. The lowest BCUT2D eigenvalue weighted by molar-refractivity contribution is 0.254. The first kappa shape index (κ1) is 33.5. The molecule has 0 rings (SSSR count). The highest BCUT2D eigenvalue weighted by Gasteiger charge is 1.99. The molecule has 33 heavy (non-hydrogen) atoms. The predicted octanol–water partition coefficient (Wildman–Crippen LogP) is 11.3. The summed E-state index contributed by atoms with van der Waals surface area (Å²) in [5.41, 5.74) is 0. The molecule has 0 aromatic heterocycles. The van der Waals surface area contributed by atoms with E-state index < -0.39 is 0 Å². The summed E-state index contributed by atoms with van der Waals surface area (Å²) in [6.45, 7) is 6.63. The van der Waals surface area contributed by atoms with Crippen LogP contribution in [0.15, 0.2) is 0 Å². The molecule has 0 saturated heterocycles. The molecule has 0 aromatic rings. The van der Waals surface area contributed by atoms with Gasteiger partial charge in [-0.3, -0.25) is 0 Å². The Morgan fingerprint density at radius 3 is 0.879 bits per heavy atom. The van der Waals surface area contributed by atoms with Crippen LogP contribution in [0.25, 0.3) is 0 Å². The molecule has 0 unspecified atom stereocenters. The van der Waals surface area contributed by atoms with Crippen molar-refractivity contribution >= 4 is 15.6 Å². The Balaban J connectivity index is 3.00.